The van der Waals surface area contributed by atoms with E-state index in [1.54, 1.807) is 67.6 Å². The summed E-state index contributed by atoms with van der Waals surface area (Å²) in [7, 11) is 0. The lowest BCUT2D eigenvalue weighted by atomic mass is 10.1. The van der Waals surface area contributed by atoms with Crippen LogP contribution in [0.4, 0.5) is 4.79 Å². The van der Waals surface area contributed by atoms with Crippen LogP contribution in [0.1, 0.15) is 34.2 Å². The van der Waals surface area contributed by atoms with E-state index in [1.807, 2.05) is 0 Å². The Bertz CT molecular complexity index is 1300. The molecule has 8 heteroatoms. The van der Waals surface area contributed by atoms with Crippen LogP contribution in [-0.2, 0) is 16.1 Å². The first kappa shape index (κ1) is 22.1. The molecule has 2 heterocycles. The van der Waals surface area contributed by atoms with Crippen LogP contribution in [0, 0.1) is 11.3 Å². The van der Waals surface area contributed by atoms with Gasteiger partial charge in [-0.15, -0.1) is 0 Å². The van der Waals surface area contributed by atoms with Gasteiger partial charge >= 0.3 is 5.97 Å². The second kappa shape index (κ2) is 9.59. The zero-order valence-electron chi connectivity index (χ0n) is 17.6. The number of carbonyl (C=O) groups excluding carboxylic acids is 3. The highest BCUT2D eigenvalue weighted by atomic mass is 32.2. The first-order valence-corrected chi connectivity index (χ1v) is 10.9. The number of benzene rings is 2. The predicted molar refractivity (Wildman–Crippen MR) is 123 cm³/mol. The Morgan fingerprint density at radius 3 is 2.61 bits per heavy atom. The smallest absolute Gasteiger partial charge is 0.338 e. The lowest BCUT2D eigenvalue weighted by Gasteiger charge is -2.13. The fraction of sp³-hybridized carbons (Fsp3) is 0.120. The number of amides is 2. The molecular formula is C25H18N2O5S. The second-order valence-electron chi connectivity index (χ2n) is 7.04. The van der Waals surface area contributed by atoms with Gasteiger partial charge in [0.05, 0.1) is 35.3 Å². The van der Waals surface area contributed by atoms with Crippen molar-refractivity contribution in [2.75, 3.05) is 6.61 Å². The Kier molecular flexibility index (Phi) is 6.43. The van der Waals surface area contributed by atoms with Crippen molar-refractivity contribution in [2.45, 2.75) is 13.5 Å². The minimum atomic E-state index is -0.436. The van der Waals surface area contributed by atoms with Crippen molar-refractivity contribution in [3.63, 3.8) is 0 Å². The molecule has 0 spiro atoms. The quantitative estimate of drug-likeness (QED) is 0.368. The first-order valence-electron chi connectivity index (χ1n) is 10.1. The molecule has 0 radical (unpaired) electrons. The summed E-state index contributed by atoms with van der Waals surface area (Å²) in [6.07, 6.45) is 1.53. The summed E-state index contributed by atoms with van der Waals surface area (Å²) in [6, 6.07) is 19.2. The zero-order valence-corrected chi connectivity index (χ0v) is 18.4. The van der Waals surface area contributed by atoms with E-state index >= 15 is 0 Å². The molecule has 4 rings (SSSR count). The Balaban J connectivity index is 1.50. The van der Waals surface area contributed by atoms with Crippen molar-refractivity contribution in [1.29, 1.82) is 5.26 Å². The van der Waals surface area contributed by atoms with Gasteiger partial charge in [0.1, 0.15) is 11.5 Å². The van der Waals surface area contributed by atoms with Crippen LogP contribution in [0.2, 0.25) is 0 Å². The molecule has 1 aliphatic heterocycles. The molecule has 2 aromatic carbocycles. The van der Waals surface area contributed by atoms with Gasteiger partial charge in [-0.25, -0.2) is 4.79 Å². The summed E-state index contributed by atoms with van der Waals surface area (Å²) < 4.78 is 10.8. The molecule has 7 nitrogen and oxygen atoms in total. The van der Waals surface area contributed by atoms with E-state index in [9.17, 15) is 19.6 Å². The van der Waals surface area contributed by atoms with Crippen LogP contribution >= 0.6 is 11.8 Å². The lowest BCUT2D eigenvalue weighted by molar-refractivity contribution is -0.123. The third-order valence-corrected chi connectivity index (χ3v) is 5.83. The fourth-order valence-electron chi connectivity index (χ4n) is 3.27. The Morgan fingerprint density at radius 2 is 1.88 bits per heavy atom. The lowest BCUT2D eigenvalue weighted by Crippen LogP contribution is -2.27. The molecule has 2 amide bonds. The minimum absolute atomic E-state index is 0.0297. The number of esters is 1. The average molecular weight is 458 g/mol. The van der Waals surface area contributed by atoms with E-state index < -0.39 is 17.1 Å². The van der Waals surface area contributed by atoms with E-state index in [1.165, 1.54) is 6.08 Å². The molecule has 0 atom stereocenters. The third kappa shape index (κ3) is 4.73. The summed E-state index contributed by atoms with van der Waals surface area (Å²) in [5.41, 5.74) is 2.23. The normalized spacial score (nSPS) is 14.5. The van der Waals surface area contributed by atoms with Crippen LogP contribution in [0.25, 0.3) is 17.4 Å². The highest BCUT2D eigenvalue weighted by Gasteiger charge is 2.35. The Labute approximate surface area is 194 Å². The van der Waals surface area contributed by atoms with Gasteiger partial charge in [0, 0.05) is 11.6 Å². The molecule has 1 saturated heterocycles. The standard InChI is InChI=1S/C25H18N2O5S/c1-2-31-24(29)17-9-7-16(8-10-17)21-12-11-20(32-21)13-22-23(28)27(25(30)33-22)15-19-6-4-3-5-18(19)14-26/h3-13H,2,15H2,1H3/b22-13+. The summed E-state index contributed by atoms with van der Waals surface area (Å²) >= 11 is 0.828. The summed E-state index contributed by atoms with van der Waals surface area (Å²) in [5, 5.41) is 8.84. The SMILES string of the molecule is CCOC(=O)c1ccc(-c2ccc(/C=C3/SC(=O)N(Cc4ccccc4C#N)C3=O)o2)cc1. The van der Waals surface area contributed by atoms with E-state index in [2.05, 4.69) is 6.07 Å². The molecule has 0 aliphatic carbocycles. The first-order chi connectivity index (χ1) is 16.0. The average Bonchev–Trinajstić information content (AvgIpc) is 3.40. The number of imide groups is 1. The van der Waals surface area contributed by atoms with E-state index in [0.717, 1.165) is 22.2 Å². The van der Waals surface area contributed by atoms with E-state index in [-0.39, 0.29) is 11.4 Å². The van der Waals surface area contributed by atoms with Gasteiger partial charge in [-0.1, -0.05) is 30.3 Å². The van der Waals surface area contributed by atoms with Crippen LogP contribution in [0.3, 0.4) is 0 Å². The van der Waals surface area contributed by atoms with Crippen LogP contribution in [0.5, 0.6) is 0 Å². The van der Waals surface area contributed by atoms with Crippen molar-refractivity contribution in [3.05, 3.63) is 88.0 Å². The topological polar surface area (TPSA) is 101 Å². The second-order valence-corrected chi connectivity index (χ2v) is 8.03. The van der Waals surface area contributed by atoms with Gasteiger partial charge in [-0.05, 0) is 54.6 Å². The van der Waals surface area contributed by atoms with Crippen molar-refractivity contribution in [3.8, 4) is 17.4 Å². The Morgan fingerprint density at radius 1 is 1.12 bits per heavy atom. The number of hydrogen-bond acceptors (Lipinski definition) is 7. The molecule has 0 bridgehead atoms. The molecule has 1 aliphatic rings. The molecule has 3 aromatic rings. The Hall–Kier alpha value is -4.09. The maximum Gasteiger partial charge on any atom is 0.338 e. The minimum Gasteiger partial charge on any atom is -0.462 e. The molecular weight excluding hydrogens is 440 g/mol. The highest BCUT2D eigenvalue weighted by molar-refractivity contribution is 8.18. The summed E-state index contributed by atoms with van der Waals surface area (Å²) in [5.74, 6) is 0.146. The maximum atomic E-state index is 12.8. The van der Waals surface area contributed by atoms with Crippen LogP contribution < -0.4 is 0 Å². The highest BCUT2D eigenvalue weighted by Crippen LogP contribution is 2.34. The van der Waals surface area contributed by atoms with Gasteiger partial charge < -0.3 is 9.15 Å². The number of nitriles is 1. The number of nitrogens with zero attached hydrogens (tertiary/aromatic N) is 2. The van der Waals surface area contributed by atoms with Crippen LogP contribution in [-0.4, -0.2) is 28.6 Å². The monoisotopic (exact) mass is 458 g/mol. The fourth-order valence-corrected chi connectivity index (χ4v) is 4.09. The number of thioether (sulfide) groups is 1. The van der Waals surface area contributed by atoms with E-state index in [0.29, 0.717) is 34.8 Å². The number of carbonyl (C=O) groups is 3. The van der Waals surface area contributed by atoms with Crippen molar-refractivity contribution in [2.24, 2.45) is 0 Å². The summed E-state index contributed by atoms with van der Waals surface area (Å²) in [4.78, 5) is 38.4. The van der Waals surface area contributed by atoms with Crippen molar-refractivity contribution in [1.82, 2.24) is 4.90 Å². The van der Waals surface area contributed by atoms with Gasteiger partial charge in [-0.3, -0.25) is 14.5 Å². The van der Waals surface area contributed by atoms with Crippen molar-refractivity contribution < 1.29 is 23.5 Å². The molecule has 1 aromatic heterocycles. The molecule has 0 unspecified atom stereocenters. The largest absolute Gasteiger partial charge is 0.462 e. The number of furan rings is 1. The maximum absolute atomic E-state index is 12.8. The molecule has 33 heavy (non-hydrogen) atoms. The third-order valence-electron chi connectivity index (χ3n) is 4.92. The van der Waals surface area contributed by atoms with Gasteiger partial charge in [-0.2, -0.15) is 5.26 Å². The van der Waals surface area contributed by atoms with Gasteiger partial charge in [0.25, 0.3) is 11.1 Å². The van der Waals surface area contributed by atoms with E-state index in [4.69, 9.17) is 9.15 Å². The van der Waals surface area contributed by atoms with Crippen LogP contribution in [0.15, 0.2) is 70.0 Å². The predicted octanol–water partition coefficient (Wildman–Crippen LogP) is 5.23. The number of ether oxygens (including phenoxy) is 1. The zero-order chi connectivity index (χ0) is 23.4. The molecule has 0 saturated carbocycles. The molecule has 1 fully saturated rings. The number of rotatable bonds is 6. The molecule has 0 N–H and O–H groups in total. The molecule has 164 valence electrons. The number of hydrogen-bond donors (Lipinski definition) is 0. The van der Waals surface area contributed by atoms with Gasteiger partial charge in [0.2, 0.25) is 0 Å². The van der Waals surface area contributed by atoms with Crippen molar-refractivity contribution >= 4 is 35.0 Å². The summed E-state index contributed by atoms with van der Waals surface area (Å²) in [6.45, 7) is 2.08. The van der Waals surface area contributed by atoms with Gasteiger partial charge in [0.15, 0.2) is 0 Å².